The standard InChI is InChI=1S/C26H25N3O4/c1-27-26(31)24-15-28(19-11-5-8-14-23(19)33-24)16-25(30)29-20-12-6-7-13-22(20)32-17-21(29)18-9-3-2-4-10-18/h2-14,21,24H,15-17H2,1H3,(H,27,31)/t21-,24+/m1/s1. The third-order valence-corrected chi connectivity index (χ3v) is 6.01. The van der Waals surface area contributed by atoms with Crippen LogP contribution in [0.5, 0.6) is 11.5 Å². The number of para-hydroxylation sites is 4. The predicted molar refractivity (Wildman–Crippen MR) is 126 cm³/mol. The van der Waals surface area contributed by atoms with E-state index in [1.165, 1.54) is 0 Å². The molecule has 0 saturated heterocycles. The maximum absolute atomic E-state index is 13.9. The number of ether oxygens (including phenoxy) is 2. The Hall–Kier alpha value is -4.00. The molecule has 3 aromatic rings. The van der Waals surface area contributed by atoms with E-state index >= 15 is 0 Å². The number of carbonyl (C=O) groups excluding carboxylic acids is 2. The Morgan fingerprint density at radius 1 is 0.909 bits per heavy atom. The first-order valence-electron chi connectivity index (χ1n) is 11.0. The average molecular weight is 444 g/mol. The molecular formula is C26H25N3O4. The van der Waals surface area contributed by atoms with Gasteiger partial charge in [0, 0.05) is 7.05 Å². The van der Waals surface area contributed by atoms with Gasteiger partial charge in [-0.2, -0.15) is 0 Å². The van der Waals surface area contributed by atoms with Gasteiger partial charge >= 0.3 is 0 Å². The van der Waals surface area contributed by atoms with E-state index in [0.717, 1.165) is 16.9 Å². The summed E-state index contributed by atoms with van der Waals surface area (Å²) in [6, 6.07) is 24.7. The lowest BCUT2D eigenvalue weighted by molar-refractivity contribution is -0.127. The van der Waals surface area contributed by atoms with Crippen LogP contribution in [0, 0.1) is 0 Å². The number of hydrogen-bond acceptors (Lipinski definition) is 5. The van der Waals surface area contributed by atoms with Crippen LogP contribution in [0.4, 0.5) is 11.4 Å². The average Bonchev–Trinajstić information content (AvgIpc) is 2.87. The van der Waals surface area contributed by atoms with Crippen LogP contribution >= 0.6 is 0 Å². The van der Waals surface area contributed by atoms with Crippen molar-refractivity contribution in [2.75, 3.05) is 36.5 Å². The lowest BCUT2D eigenvalue weighted by Crippen LogP contribution is -2.52. The molecule has 7 nitrogen and oxygen atoms in total. The minimum Gasteiger partial charge on any atom is -0.489 e. The van der Waals surface area contributed by atoms with E-state index in [1.54, 1.807) is 7.05 Å². The van der Waals surface area contributed by atoms with Crippen molar-refractivity contribution in [2.24, 2.45) is 0 Å². The van der Waals surface area contributed by atoms with Crippen molar-refractivity contribution in [2.45, 2.75) is 12.1 Å². The first-order valence-corrected chi connectivity index (χ1v) is 11.0. The summed E-state index contributed by atoms with van der Waals surface area (Å²) >= 11 is 0. The van der Waals surface area contributed by atoms with Crippen LogP contribution in [0.25, 0.3) is 0 Å². The Morgan fingerprint density at radius 2 is 1.58 bits per heavy atom. The van der Waals surface area contributed by atoms with E-state index in [2.05, 4.69) is 5.32 Å². The molecule has 2 heterocycles. The fraction of sp³-hybridized carbons (Fsp3) is 0.231. The number of nitrogens with one attached hydrogen (secondary N) is 1. The fourth-order valence-electron chi connectivity index (χ4n) is 4.41. The van der Waals surface area contributed by atoms with Crippen LogP contribution in [0.3, 0.4) is 0 Å². The Balaban J connectivity index is 1.49. The fourth-order valence-corrected chi connectivity index (χ4v) is 4.41. The van der Waals surface area contributed by atoms with E-state index in [-0.39, 0.29) is 30.9 Å². The van der Waals surface area contributed by atoms with E-state index in [0.29, 0.717) is 18.1 Å². The number of rotatable bonds is 4. The summed E-state index contributed by atoms with van der Waals surface area (Å²) < 4.78 is 11.9. The minimum atomic E-state index is -0.695. The summed E-state index contributed by atoms with van der Waals surface area (Å²) in [7, 11) is 1.58. The van der Waals surface area contributed by atoms with Crippen LogP contribution in [0.15, 0.2) is 78.9 Å². The molecule has 2 aliphatic heterocycles. The SMILES string of the molecule is CNC(=O)[C@@H]1CN(CC(=O)N2c3ccccc3OC[C@@H]2c2ccccc2)c2ccccc2O1. The van der Waals surface area contributed by atoms with Gasteiger partial charge in [-0.25, -0.2) is 0 Å². The first kappa shape index (κ1) is 20.9. The molecule has 0 bridgehead atoms. The molecule has 168 valence electrons. The molecule has 0 saturated carbocycles. The van der Waals surface area contributed by atoms with Crippen molar-refractivity contribution in [3.05, 3.63) is 84.4 Å². The van der Waals surface area contributed by atoms with E-state index in [4.69, 9.17) is 9.47 Å². The van der Waals surface area contributed by atoms with E-state index in [9.17, 15) is 9.59 Å². The normalized spacial score (nSPS) is 18.9. The van der Waals surface area contributed by atoms with Crippen LogP contribution in [0.1, 0.15) is 11.6 Å². The van der Waals surface area contributed by atoms with Gasteiger partial charge in [-0.15, -0.1) is 0 Å². The van der Waals surface area contributed by atoms with Gasteiger partial charge in [-0.1, -0.05) is 54.6 Å². The molecule has 0 unspecified atom stereocenters. The number of anilines is 2. The third kappa shape index (κ3) is 3.98. The second kappa shape index (κ2) is 8.86. The number of hydrogen-bond donors (Lipinski definition) is 1. The lowest BCUT2D eigenvalue weighted by Gasteiger charge is -2.40. The lowest BCUT2D eigenvalue weighted by atomic mass is 10.0. The number of benzene rings is 3. The predicted octanol–water partition coefficient (Wildman–Crippen LogP) is 3.17. The largest absolute Gasteiger partial charge is 0.489 e. The van der Waals surface area contributed by atoms with Crippen LogP contribution in [-0.4, -0.2) is 44.7 Å². The Bertz CT molecular complexity index is 1170. The second-order valence-corrected chi connectivity index (χ2v) is 8.04. The smallest absolute Gasteiger partial charge is 0.262 e. The van der Waals surface area contributed by atoms with Crippen molar-refractivity contribution < 1.29 is 19.1 Å². The molecule has 0 radical (unpaired) electrons. The summed E-state index contributed by atoms with van der Waals surface area (Å²) in [6.07, 6.45) is -0.695. The number of amides is 2. The summed E-state index contributed by atoms with van der Waals surface area (Å²) in [4.78, 5) is 29.9. The molecule has 2 amide bonds. The minimum absolute atomic E-state index is 0.0769. The second-order valence-electron chi connectivity index (χ2n) is 8.04. The highest BCUT2D eigenvalue weighted by Crippen LogP contribution is 2.40. The van der Waals surface area contributed by atoms with Crippen molar-refractivity contribution in [3.8, 4) is 11.5 Å². The molecule has 3 aromatic carbocycles. The maximum atomic E-state index is 13.9. The van der Waals surface area contributed by atoms with Gasteiger partial charge in [0.25, 0.3) is 5.91 Å². The summed E-state index contributed by atoms with van der Waals surface area (Å²) in [5, 5.41) is 2.64. The van der Waals surface area contributed by atoms with E-state index in [1.807, 2.05) is 88.7 Å². The molecule has 33 heavy (non-hydrogen) atoms. The van der Waals surface area contributed by atoms with Crippen molar-refractivity contribution >= 4 is 23.2 Å². The summed E-state index contributed by atoms with van der Waals surface area (Å²) in [6.45, 7) is 0.753. The van der Waals surface area contributed by atoms with Crippen LogP contribution < -0.4 is 24.6 Å². The molecular weight excluding hydrogens is 418 g/mol. The van der Waals surface area contributed by atoms with Gasteiger partial charge in [0.15, 0.2) is 6.10 Å². The highest BCUT2D eigenvalue weighted by atomic mass is 16.5. The molecule has 0 fully saturated rings. The molecule has 2 aliphatic rings. The highest BCUT2D eigenvalue weighted by molar-refractivity contribution is 5.99. The summed E-state index contributed by atoms with van der Waals surface area (Å²) in [5.41, 5.74) is 2.54. The van der Waals surface area contributed by atoms with Gasteiger partial charge in [0.05, 0.1) is 30.5 Å². The third-order valence-electron chi connectivity index (χ3n) is 6.01. The number of fused-ring (bicyclic) bond motifs is 2. The van der Waals surface area contributed by atoms with E-state index < -0.39 is 6.10 Å². The van der Waals surface area contributed by atoms with Crippen molar-refractivity contribution in [1.29, 1.82) is 0 Å². The molecule has 0 aliphatic carbocycles. The molecule has 0 spiro atoms. The molecule has 2 atom stereocenters. The molecule has 1 N–H and O–H groups in total. The number of carbonyl (C=O) groups is 2. The Kier molecular flexibility index (Phi) is 5.60. The highest BCUT2D eigenvalue weighted by Gasteiger charge is 2.36. The first-order chi connectivity index (χ1) is 16.2. The van der Waals surface area contributed by atoms with Crippen LogP contribution in [0.2, 0.25) is 0 Å². The Labute approximate surface area is 192 Å². The molecule has 5 rings (SSSR count). The monoisotopic (exact) mass is 443 g/mol. The topological polar surface area (TPSA) is 71.1 Å². The Morgan fingerprint density at radius 3 is 2.33 bits per heavy atom. The molecule has 0 aromatic heterocycles. The van der Waals surface area contributed by atoms with Gasteiger partial charge in [-0.3, -0.25) is 14.5 Å². The maximum Gasteiger partial charge on any atom is 0.262 e. The van der Waals surface area contributed by atoms with Gasteiger partial charge < -0.3 is 19.7 Å². The van der Waals surface area contributed by atoms with Crippen LogP contribution in [-0.2, 0) is 9.59 Å². The number of likely N-dealkylation sites (N-methyl/N-ethyl adjacent to an activating group) is 1. The zero-order chi connectivity index (χ0) is 22.8. The van der Waals surface area contributed by atoms with Gasteiger partial charge in [-0.05, 0) is 29.8 Å². The van der Waals surface area contributed by atoms with Crippen molar-refractivity contribution in [1.82, 2.24) is 5.32 Å². The summed E-state index contributed by atoms with van der Waals surface area (Å²) in [5.74, 6) is 0.976. The zero-order valence-electron chi connectivity index (χ0n) is 18.3. The quantitative estimate of drug-likeness (QED) is 0.671. The zero-order valence-corrected chi connectivity index (χ0v) is 18.3. The van der Waals surface area contributed by atoms with Gasteiger partial charge in [0.1, 0.15) is 18.1 Å². The van der Waals surface area contributed by atoms with Crippen molar-refractivity contribution in [3.63, 3.8) is 0 Å². The van der Waals surface area contributed by atoms with Gasteiger partial charge in [0.2, 0.25) is 5.91 Å². The number of nitrogens with zero attached hydrogens (tertiary/aromatic N) is 2. The molecule has 7 heteroatoms.